The van der Waals surface area contributed by atoms with Crippen molar-refractivity contribution < 1.29 is 0 Å². The quantitative estimate of drug-likeness (QED) is 0.524. The maximum absolute atomic E-state index is 8.70. The van der Waals surface area contributed by atoms with E-state index in [1.165, 1.54) is 5.20 Å². The van der Waals surface area contributed by atoms with Gasteiger partial charge in [-0.25, -0.2) is 0 Å². The molecule has 0 saturated heterocycles. The Bertz CT molecular complexity index is 406. The third kappa shape index (κ3) is 2.68. The van der Waals surface area contributed by atoms with Crippen molar-refractivity contribution in [1.82, 2.24) is 0 Å². The van der Waals surface area contributed by atoms with Crippen LogP contribution in [0.4, 0.5) is 0 Å². The molecule has 3 heteroatoms. The Balaban J connectivity index is 2.97. The fraction of sp³-hybridized carbons (Fsp3) is 0.333. The third-order valence-electron chi connectivity index (χ3n) is 2.41. The van der Waals surface area contributed by atoms with Crippen LogP contribution in [0, 0.1) is 28.6 Å². The summed E-state index contributed by atoms with van der Waals surface area (Å²) in [6.45, 7) is 6.81. The van der Waals surface area contributed by atoms with E-state index in [0.29, 0.717) is 0 Å². The number of nitrogens with zero attached hydrogens (tertiary/aromatic N) is 2. The van der Waals surface area contributed by atoms with Gasteiger partial charge in [0.25, 0.3) is 0 Å². The van der Waals surface area contributed by atoms with Crippen molar-refractivity contribution in [2.24, 2.45) is 5.92 Å². The normalized spacial score (nSPS) is 19.0. The second kappa shape index (κ2) is 4.29. The molecule has 0 fully saturated rings. The molecule has 1 aliphatic carbocycles. The first-order valence-electron chi connectivity index (χ1n) is 4.90. The minimum absolute atomic E-state index is 0.158. The summed E-state index contributed by atoms with van der Waals surface area (Å²) < 4.78 is 0. The second-order valence-electron chi connectivity index (χ2n) is 4.59. The molecule has 1 atom stereocenters. The first-order valence-corrected chi connectivity index (χ1v) is 8.40. The first-order chi connectivity index (χ1) is 6.99. The summed E-state index contributed by atoms with van der Waals surface area (Å²) in [5.41, 5.74) is 0.204. The Hall–Kier alpha value is -1.58. The number of hydrogen-bond acceptors (Lipinski definition) is 2. The largest absolute Gasteiger partial charge is 0.192 e. The molecular formula is C12H14N2Si. The molecule has 0 N–H and O–H groups in total. The van der Waals surface area contributed by atoms with Gasteiger partial charge in [0.1, 0.15) is 17.7 Å². The van der Waals surface area contributed by atoms with Crippen LogP contribution in [0.15, 0.2) is 35.1 Å². The Labute approximate surface area is 91.8 Å². The fourth-order valence-electron chi connectivity index (χ4n) is 1.67. The molecule has 0 spiro atoms. The zero-order valence-electron chi connectivity index (χ0n) is 9.28. The predicted molar refractivity (Wildman–Crippen MR) is 63.4 cm³/mol. The van der Waals surface area contributed by atoms with Gasteiger partial charge < -0.3 is 0 Å². The van der Waals surface area contributed by atoms with Gasteiger partial charge >= 0.3 is 0 Å². The smallest absolute Gasteiger partial charge is 0.126 e. The van der Waals surface area contributed by atoms with Crippen LogP contribution in [-0.2, 0) is 0 Å². The molecule has 76 valence electrons. The van der Waals surface area contributed by atoms with Crippen LogP contribution in [0.5, 0.6) is 0 Å². The summed E-state index contributed by atoms with van der Waals surface area (Å²) in [7, 11) is -1.34. The molecule has 0 amide bonds. The highest BCUT2D eigenvalue weighted by Crippen LogP contribution is 2.29. The van der Waals surface area contributed by atoms with Crippen molar-refractivity contribution in [3.63, 3.8) is 0 Å². The summed E-state index contributed by atoms with van der Waals surface area (Å²) in [4.78, 5) is 0. The van der Waals surface area contributed by atoms with E-state index in [1.54, 1.807) is 6.08 Å². The molecule has 0 aliphatic heterocycles. The highest BCUT2D eigenvalue weighted by atomic mass is 28.3. The van der Waals surface area contributed by atoms with Crippen molar-refractivity contribution in [2.45, 2.75) is 19.6 Å². The van der Waals surface area contributed by atoms with Crippen molar-refractivity contribution >= 4 is 8.07 Å². The lowest BCUT2D eigenvalue weighted by atomic mass is 10.1. The second-order valence-corrected chi connectivity index (χ2v) is 9.66. The lowest BCUT2D eigenvalue weighted by Gasteiger charge is -2.22. The number of allylic oxidation sites excluding steroid dienone is 6. The molecule has 1 rings (SSSR count). The van der Waals surface area contributed by atoms with Gasteiger partial charge in [-0.15, -0.1) is 0 Å². The van der Waals surface area contributed by atoms with Crippen LogP contribution in [0.3, 0.4) is 0 Å². The van der Waals surface area contributed by atoms with E-state index in [-0.39, 0.29) is 11.5 Å². The van der Waals surface area contributed by atoms with E-state index in [1.807, 2.05) is 24.3 Å². The standard InChI is InChI=1S/C12H14N2Si/c1-15(2,3)12-6-4-5-11(12)7-10(8-13)9-14/h4-7,11H,1-3H3. The zero-order chi connectivity index (χ0) is 11.5. The molecule has 0 heterocycles. The number of rotatable bonds is 2. The molecule has 0 bridgehead atoms. The van der Waals surface area contributed by atoms with Crippen molar-refractivity contribution in [2.75, 3.05) is 0 Å². The molecule has 1 aliphatic rings. The minimum atomic E-state index is -1.34. The van der Waals surface area contributed by atoms with Crippen LogP contribution in [0.25, 0.3) is 0 Å². The van der Waals surface area contributed by atoms with Gasteiger partial charge in [-0.2, -0.15) is 10.5 Å². The van der Waals surface area contributed by atoms with E-state index in [2.05, 4.69) is 25.7 Å². The van der Waals surface area contributed by atoms with Gasteiger partial charge in [-0.1, -0.05) is 43.1 Å². The summed E-state index contributed by atoms with van der Waals surface area (Å²) in [6.07, 6.45) is 7.94. The lowest BCUT2D eigenvalue weighted by Crippen LogP contribution is -2.26. The minimum Gasteiger partial charge on any atom is -0.192 e. The monoisotopic (exact) mass is 214 g/mol. The summed E-state index contributed by atoms with van der Waals surface area (Å²) in [5, 5.41) is 18.8. The maximum atomic E-state index is 8.70. The van der Waals surface area contributed by atoms with Gasteiger partial charge in [0.05, 0.1) is 8.07 Å². The van der Waals surface area contributed by atoms with E-state index in [0.717, 1.165) is 0 Å². The molecule has 0 radical (unpaired) electrons. The molecule has 15 heavy (non-hydrogen) atoms. The Morgan fingerprint density at radius 1 is 1.33 bits per heavy atom. The Morgan fingerprint density at radius 3 is 2.40 bits per heavy atom. The molecule has 0 saturated carbocycles. The van der Waals surface area contributed by atoms with Crippen LogP contribution >= 0.6 is 0 Å². The molecule has 0 aromatic heterocycles. The van der Waals surface area contributed by atoms with Crippen LogP contribution in [0.1, 0.15) is 0 Å². The van der Waals surface area contributed by atoms with Crippen LogP contribution in [-0.4, -0.2) is 8.07 Å². The average molecular weight is 214 g/mol. The molecule has 2 nitrogen and oxygen atoms in total. The van der Waals surface area contributed by atoms with E-state index in [9.17, 15) is 0 Å². The average Bonchev–Trinajstić information content (AvgIpc) is 2.61. The van der Waals surface area contributed by atoms with Crippen LogP contribution in [0.2, 0.25) is 19.6 Å². The SMILES string of the molecule is C[Si](C)(C)C1=CC=CC1C=C(C#N)C#N. The fourth-order valence-corrected chi connectivity index (χ4v) is 3.44. The van der Waals surface area contributed by atoms with Gasteiger partial charge in [-0.3, -0.25) is 0 Å². The van der Waals surface area contributed by atoms with E-state index >= 15 is 0 Å². The number of nitriles is 2. The van der Waals surface area contributed by atoms with Gasteiger partial charge in [0.2, 0.25) is 0 Å². The Morgan fingerprint density at radius 2 is 1.93 bits per heavy atom. The first kappa shape index (κ1) is 11.5. The molecular weight excluding hydrogens is 200 g/mol. The third-order valence-corrected chi connectivity index (χ3v) is 4.64. The van der Waals surface area contributed by atoms with E-state index < -0.39 is 8.07 Å². The summed E-state index contributed by atoms with van der Waals surface area (Å²) >= 11 is 0. The van der Waals surface area contributed by atoms with Crippen molar-refractivity contribution in [1.29, 1.82) is 10.5 Å². The highest BCUT2D eigenvalue weighted by Gasteiger charge is 2.26. The highest BCUT2D eigenvalue weighted by molar-refractivity contribution is 6.83. The lowest BCUT2D eigenvalue weighted by molar-refractivity contribution is 1.04. The molecule has 0 aromatic rings. The van der Waals surface area contributed by atoms with Gasteiger partial charge in [-0.05, 0) is 6.08 Å². The topological polar surface area (TPSA) is 47.6 Å². The van der Waals surface area contributed by atoms with Gasteiger partial charge in [0, 0.05) is 5.92 Å². The summed E-state index contributed by atoms with van der Waals surface area (Å²) in [6, 6.07) is 3.81. The summed E-state index contributed by atoms with van der Waals surface area (Å²) in [5.74, 6) is 0.158. The predicted octanol–water partition coefficient (Wildman–Crippen LogP) is 2.95. The molecule has 0 aromatic carbocycles. The zero-order valence-corrected chi connectivity index (χ0v) is 10.3. The maximum Gasteiger partial charge on any atom is 0.126 e. The Kier molecular flexibility index (Phi) is 3.29. The van der Waals surface area contributed by atoms with Crippen molar-refractivity contribution in [3.8, 4) is 12.1 Å². The van der Waals surface area contributed by atoms with Gasteiger partial charge in [0.15, 0.2) is 0 Å². The van der Waals surface area contributed by atoms with Crippen molar-refractivity contribution in [3.05, 3.63) is 35.1 Å². The molecule has 1 unspecified atom stereocenters. The van der Waals surface area contributed by atoms with Crippen LogP contribution < -0.4 is 0 Å². The number of hydrogen-bond donors (Lipinski definition) is 0. The van der Waals surface area contributed by atoms with E-state index in [4.69, 9.17) is 10.5 Å².